The minimum atomic E-state index is -0.326. The Hall–Kier alpha value is -2.21. The zero-order chi connectivity index (χ0) is 27.1. The van der Waals surface area contributed by atoms with Gasteiger partial charge >= 0.3 is 5.97 Å². The van der Waals surface area contributed by atoms with Crippen molar-refractivity contribution in [3.63, 3.8) is 0 Å². The molecule has 0 radical (unpaired) electrons. The standard InChI is InChI=1S/C32H40O5S/c1-20(33)25-11-12-26-24-10-9-22-17-23(34)15-16-31(22,2)30(24)27(18-32(25,26)3)37-28(35)13-14-29(36)38-19-21-7-5-4-6-8-21/h4-8,17,24-27,30H,9-16,18-19H2,1-3H3/t24-,25+,26-,27-,30+,31-,32+/m0/s1. The van der Waals surface area contributed by atoms with Crippen LogP contribution in [-0.4, -0.2) is 28.8 Å². The average Bonchev–Trinajstić information content (AvgIpc) is 3.24. The summed E-state index contributed by atoms with van der Waals surface area (Å²) in [4.78, 5) is 50.6. The number of benzene rings is 1. The number of ketones is 2. The molecule has 3 saturated carbocycles. The molecule has 7 atom stereocenters. The van der Waals surface area contributed by atoms with Gasteiger partial charge in [-0.05, 0) is 79.8 Å². The van der Waals surface area contributed by atoms with Crippen molar-refractivity contribution in [1.82, 2.24) is 0 Å². The number of Topliss-reactive ketones (excluding diaryl/α,β-unsaturated/α-hetero) is 1. The molecule has 0 aliphatic heterocycles. The van der Waals surface area contributed by atoms with E-state index in [-0.39, 0.29) is 64.3 Å². The predicted molar refractivity (Wildman–Crippen MR) is 148 cm³/mol. The quantitative estimate of drug-likeness (QED) is 0.371. The van der Waals surface area contributed by atoms with Gasteiger partial charge < -0.3 is 4.74 Å². The summed E-state index contributed by atoms with van der Waals surface area (Å²) in [5.41, 5.74) is 1.95. The number of esters is 1. The Kier molecular flexibility index (Phi) is 7.74. The van der Waals surface area contributed by atoms with Gasteiger partial charge in [0.15, 0.2) is 10.9 Å². The summed E-state index contributed by atoms with van der Waals surface area (Å²) in [5.74, 6) is 1.67. The molecule has 0 N–H and O–H groups in total. The predicted octanol–water partition coefficient (Wildman–Crippen LogP) is 6.49. The van der Waals surface area contributed by atoms with E-state index in [2.05, 4.69) is 13.8 Å². The van der Waals surface area contributed by atoms with Crippen molar-refractivity contribution in [3.8, 4) is 0 Å². The highest BCUT2D eigenvalue weighted by Gasteiger charge is 2.63. The largest absolute Gasteiger partial charge is 0.462 e. The van der Waals surface area contributed by atoms with Crippen LogP contribution in [0.5, 0.6) is 0 Å². The van der Waals surface area contributed by atoms with E-state index in [0.717, 1.165) is 37.7 Å². The van der Waals surface area contributed by atoms with Gasteiger partial charge in [0.05, 0.1) is 6.42 Å². The van der Waals surface area contributed by atoms with E-state index in [4.69, 9.17) is 4.74 Å². The van der Waals surface area contributed by atoms with E-state index in [1.165, 1.54) is 17.3 Å². The molecule has 0 bridgehead atoms. The first-order chi connectivity index (χ1) is 18.1. The molecule has 0 spiro atoms. The van der Waals surface area contributed by atoms with Gasteiger partial charge in [-0.15, -0.1) is 0 Å². The molecule has 0 saturated heterocycles. The van der Waals surface area contributed by atoms with Gasteiger partial charge in [-0.25, -0.2) is 0 Å². The normalized spacial score (nSPS) is 35.9. The summed E-state index contributed by atoms with van der Waals surface area (Å²) < 4.78 is 6.29. The first-order valence-corrected chi connectivity index (χ1v) is 15.2. The van der Waals surface area contributed by atoms with Crippen LogP contribution in [0.4, 0.5) is 0 Å². The van der Waals surface area contributed by atoms with Gasteiger partial charge in [0.1, 0.15) is 11.9 Å². The maximum absolute atomic E-state index is 13.2. The van der Waals surface area contributed by atoms with E-state index < -0.39 is 0 Å². The Morgan fingerprint density at radius 2 is 1.79 bits per heavy atom. The van der Waals surface area contributed by atoms with Gasteiger partial charge in [-0.2, -0.15) is 0 Å². The van der Waals surface area contributed by atoms with Gasteiger partial charge in [0, 0.05) is 30.4 Å². The fraction of sp³-hybridized carbons (Fsp3) is 0.625. The van der Waals surface area contributed by atoms with Crippen LogP contribution < -0.4 is 0 Å². The summed E-state index contributed by atoms with van der Waals surface area (Å²) in [5, 5.41) is -0.00701. The second kappa shape index (κ2) is 10.7. The van der Waals surface area contributed by atoms with Crippen molar-refractivity contribution in [2.75, 3.05) is 0 Å². The van der Waals surface area contributed by atoms with Gasteiger partial charge in [-0.1, -0.05) is 61.5 Å². The highest BCUT2D eigenvalue weighted by Crippen LogP contribution is 2.67. The SMILES string of the molecule is CC(=O)[C@H]1CC[C@H]2[C@@H]3CCC4=CC(=O)CC[C@]4(C)[C@H]3[C@@H](OC(=O)CCC(=O)SCc3ccccc3)C[C@]12C. The maximum atomic E-state index is 13.2. The Labute approximate surface area is 230 Å². The van der Waals surface area contributed by atoms with Crippen LogP contribution in [0.1, 0.15) is 84.1 Å². The van der Waals surface area contributed by atoms with Gasteiger partial charge in [0.25, 0.3) is 0 Å². The third kappa shape index (κ3) is 5.05. The van der Waals surface area contributed by atoms with Crippen molar-refractivity contribution in [2.24, 2.45) is 34.5 Å². The first-order valence-electron chi connectivity index (χ1n) is 14.2. The van der Waals surface area contributed by atoms with E-state index in [1.54, 1.807) is 6.92 Å². The molecular weight excluding hydrogens is 496 g/mol. The summed E-state index contributed by atoms with van der Waals surface area (Å²) in [7, 11) is 0. The Morgan fingerprint density at radius 1 is 1.03 bits per heavy atom. The molecule has 1 aromatic rings. The maximum Gasteiger partial charge on any atom is 0.306 e. The minimum Gasteiger partial charge on any atom is -0.462 e. The molecule has 0 heterocycles. The lowest BCUT2D eigenvalue weighted by Crippen LogP contribution is -2.58. The summed E-state index contributed by atoms with van der Waals surface area (Å²) in [6.45, 7) is 6.22. The average molecular weight is 537 g/mol. The summed E-state index contributed by atoms with van der Waals surface area (Å²) in [6.07, 6.45) is 7.65. The minimum absolute atomic E-state index is 0.00305. The summed E-state index contributed by atoms with van der Waals surface area (Å²) in [6, 6.07) is 9.84. The monoisotopic (exact) mass is 536 g/mol. The smallest absolute Gasteiger partial charge is 0.306 e. The highest BCUT2D eigenvalue weighted by molar-refractivity contribution is 8.12. The number of carbonyl (C=O) groups is 4. The molecule has 0 aromatic heterocycles. The van der Waals surface area contributed by atoms with E-state index in [1.807, 2.05) is 36.4 Å². The molecule has 5 rings (SSSR count). The third-order valence-electron chi connectivity index (χ3n) is 10.4. The highest BCUT2D eigenvalue weighted by atomic mass is 32.2. The van der Waals surface area contributed by atoms with Crippen LogP contribution in [0.3, 0.4) is 0 Å². The van der Waals surface area contributed by atoms with Crippen molar-refractivity contribution >= 4 is 34.4 Å². The summed E-state index contributed by atoms with van der Waals surface area (Å²) >= 11 is 1.24. The Balaban J connectivity index is 1.32. The fourth-order valence-corrected chi connectivity index (χ4v) is 9.44. The molecule has 0 amide bonds. The lowest BCUT2D eigenvalue weighted by molar-refractivity contribution is -0.178. The number of allylic oxidation sites excluding steroid dienone is 1. The second-order valence-electron chi connectivity index (χ2n) is 12.5. The molecule has 0 unspecified atom stereocenters. The van der Waals surface area contributed by atoms with E-state index in [0.29, 0.717) is 30.4 Å². The number of hydrogen-bond donors (Lipinski definition) is 0. The molecule has 4 aliphatic rings. The molecule has 4 aliphatic carbocycles. The van der Waals surface area contributed by atoms with Gasteiger partial charge in [0.2, 0.25) is 0 Å². The molecule has 5 nitrogen and oxygen atoms in total. The molecular formula is C32H40O5S. The number of carbonyl (C=O) groups excluding carboxylic acids is 4. The van der Waals surface area contributed by atoms with Crippen LogP contribution in [0, 0.1) is 34.5 Å². The number of fused-ring (bicyclic) bond motifs is 5. The molecule has 38 heavy (non-hydrogen) atoms. The van der Waals surface area contributed by atoms with Crippen LogP contribution in [0.2, 0.25) is 0 Å². The zero-order valence-corrected chi connectivity index (χ0v) is 23.7. The fourth-order valence-electron chi connectivity index (χ4n) is 8.67. The lowest BCUT2D eigenvalue weighted by atomic mass is 9.46. The number of ether oxygens (including phenoxy) is 1. The van der Waals surface area contributed by atoms with Crippen molar-refractivity contribution in [1.29, 1.82) is 0 Å². The second-order valence-corrected chi connectivity index (χ2v) is 13.5. The third-order valence-corrected chi connectivity index (χ3v) is 11.4. The molecule has 204 valence electrons. The van der Waals surface area contributed by atoms with Crippen LogP contribution in [0.25, 0.3) is 0 Å². The van der Waals surface area contributed by atoms with Crippen LogP contribution >= 0.6 is 11.8 Å². The van der Waals surface area contributed by atoms with E-state index >= 15 is 0 Å². The Morgan fingerprint density at radius 3 is 2.53 bits per heavy atom. The molecule has 3 fully saturated rings. The van der Waals surface area contributed by atoms with E-state index in [9.17, 15) is 19.2 Å². The van der Waals surface area contributed by atoms with Crippen LogP contribution in [0.15, 0.2) is 42.0 Å². The van der Waals surface area contributed by atoms with Crippen molar-refractivity contribution in [3.05, 3.63) is 47.5 Å². The number of hydrogen-bond acceptors (Lipinski definition) is 6. The van der Waals surface area contributed by atoms with Crippen molar-refractivity contribution in [2.45, 2.75) is 90.4 Å². The van der Waals surface area contributed by atoms with Crippen LogP contribution in [-0.2, 0) is 29.7 Å². The zero-order valence-electron chi connectivity index (χ0n) is 22.9. The topological polar surface area (TPSA) is 77.5 Å². The van der Waals surface area contributed by atoms with Crippen molar-refractivity contribution < 1.29 is 23.9 Å². The molecule has 1 aromatic carbocycles. The first kappa shape index (κ1) is 27.4. The van der Waals surface area contributed by atoms with Gasteiger partial charge in [-0.3, -0.25) is 19.2 Å². The Bertz CT molecular complexity index is 1140. The molecule has 6 heteroatoms. The number of thioether (sulfide) groups is 1. The lowest BCUT2D eigenvalue weighted by Gasteiger charge is -2.60. The number of rotatable bonds is 7.